The lowest BCUT2D eigenvalue weighted by atomic mass is 9.40. The highest BCUT2D eigenvalue weighted by atomic mass is 16.1. The van der Waals surface area contributed by atoms with Crippen molar-refractivity contribution in [3.8, 4) is 0 Å². The van der Waals surface area contributed by atoms with Crippen molar-refractivity contribution in [1.82, 2.24) is 0 Å². The second-order valence-corrected chi connectivity index (χ2v) is 1.85. The third-order valence-electron chi connectivity index (χ3n) is 0.854. The summed E-state index contributed by atoms with van der Waals surface area (Å²) in [6.07, 6.45) is 0. The molecule has 0 fully saturated rings. The third-order valence-corrected chi connectivity index (χ3v) is 0.854. The van der Waals surface area contributed by atoms with Crippen LogP contribution in [0.4, 0.5) is 4.79 Å². The molecule has 0 saturated carbocycles. The van der Waals surface area contributed by atoms with E-state index in [2.05, 4.69) is 0 Å². The second-order valence-electron chi connectivity index (χ2n) is 1.85. The van der Waals surface area contributed by atoms with Crippen molar-refractivity contribution >= 4 is 19.6 Å². The van der Waals surface area contributed by atoms with E-state index in [1.54, 1.807) is 14.1 Å². The normalized spacial score (nSPS) is 7.86. The van der Waals surface area contributed by atoms with Crippen LogP contribution in [0.2, 0.25) is 20.5 Å². The van der Waals surface area contributed by atoms with E-state index in [0.717, 1.165) is 0 Å². The van der Waals surface area contributed by atoms with Gasteiger partial charge >= 0.3 is 0 Å². The summed E-state index contributed by atoms with van der Waals surface area (Å²) in [5.41, 5.74) is 0.222. The smallest absolute Gasteiger partial charge is 0.203 e. The van der Waals surface area contributed by atoms with Crippen LogP contribution in [-0.4, -0.2) is 19.6 Å². The van der Waals surface area contributed by atoms with E-state index in [-0.39, 0.29) is 12.3 Å². The molecule has 1 radical (unpaired) electrons. The highest BCUT2D eigenvalue weighted by Gasteiger charge is 2.06. The van der Waals surface area contributed by atoms with Gasteiger partial charge in [0.1, 0.15) is 0 Å². The fraction of sp³-hybridized carbons (Fsp3) is 0.750. The number of hydrogen-bond acceptors (Lipinski definition) is 1. The Morgan fingerprint density at radius 2 is 2.00 bits per heavy atom. The van der Waals surface area contributed by atoms with Gasteiger partial charge in [-0.2, -0.15) is 0 Å². The molecule has 3 heteroatoms. The zero-order valence-corrected chi connectivity index (χ0v) is 5.06. The highest BCUT2D eigenvalue weighted by molar-refractivity contribution is 7.10. The minimum absolute atomic E-state index is 0.171. The van der Waals surface area contributed by atoms with Gasteiger partial charge in [-0.05, 0) is 0 Å². The fourth-order valence-electron chi connectivity index (χ4n) is 0.333. The van der Waals surface area contributed by atoms with Crippen molar-refractivity contribution in [3.05, 3.63) is 0 Å². The lowest BCUT2D eigenvalue weighted by molar-refractivity contribution is 0.273. The molecule has 0 N–H and O–H groups in total. The molecular weight excluding hydrogens is 85.7 g/mol. The van der Waals surface area contributed by atoms with Crippen LogP contribution < -0.4 is 0 Å². The predicted molar refractivity (Wildman–Crippen MR) is 34.5 cm³/mol. The lowest BCUT2D eigenvalue weighted by Crippen LogP contribution is -2.19. The zero-order valence-electron chi connectivity index (χ0n) is 5.06. The topological polar surface area (TPSA) is 17.1 Å². The molecule has 7 heavy (non-hydrogen) atoms. The molecule has 0 rings (SSSR count). The van der Waals surface area contributed by atoms with Gasteiger partial charge in [-0.15, -0.1) is 0 Å². The maximum absolute atomic E-state index is 10.5. The first-order valence-corrected chi connectivity index (χ1v) is 2.51. The van der Waals surface area contributed by atoms with Gasteiger partial charge in [-0.1, -0.05) is 20.5 Å². The summed E-state index contributed by atoms with van der Waals surface area (Å²) in [7, 11) is 1.60. The standard InChI is InChI=1S/C4H9B2O/c1-5-4(7)6(2)3/h1-3H3. The Labute approximate surface area is 45.8 Å². The van der Waals surface area contributed by atoms with Crippen molar-refractivity contribution in [2.75, 3.05) is 0 Å². The maximum atomic E-state index is 10.5. The molecule has 1 nitrogen and oxygen atoms in total. The molecule has 0 aromatic rings. The first-order chi connectivity index (χ1) is 3.18. The van der Waals surface area contributed by atoms with Crippen molar-refractivity contribution < 1.29 is 4.79 Å². The van der Waals surface area contributed by atoms with E-state index in [0.29, 0.717) is 0 Å². The molecule has 37 valence electrons. The van der Waals surface area contributed by atoms with Crippen molar-refractivity contribution in [1.29, 1.82) is 0 Å². The molecule has 0 aromatic carbocycles. The molecule has 0 aliphatic carbocycles. The van der Waals surface area contributed by atoms with Crippen LogP contribution in [0.3, 0.4) is 0 Å². The van der Waals surface area contributed by atoms with E-state index in [1.165, 1.54) is 0 Å². The molecule has 0 heterocycles. The molecular formula is C4H9B2O. The Kier molecular flexibility index (Phi) is 2.81. The summed E-state index contributed by atoms with van der Waals surface area (Å²) < 4.78 is 0. The Hall–Kier alpha value is -0.200. The molecule has 0 unspecified atom stereocenters. The molecule has 0 amide bonds. The Morgan fingerprint density at radius 1 is 1.57 bits per heavy atom. The quantitative estimate of drug-likeness (QED) is 0.470. The third kappa shape index (κ3) is 2.49. The van der Waals surface area contributed by atoms with Crippen LogP contribution in [0.25, 0.3) is 0 Å². The minimum atomic E-state index is 0.171. The van der Waals surface area contributed by atoms with E-state index in [4.69, 9.17) is 0 Å². The molecule has 0 atom stereocenters. The van der Waals surface area contributed by atoms with Crippen molar-refractivity contribution in [3.63, 3.8) is 0 Å². The predicted octanol–water partition coefficient (Wildman–Crippen LogP) is 1.19. The molecule has 0 bridgehead atoms. The Balaban J connectivity index is 3.35. The molecule has 0 aliphatic heterocycles. The summed E-state index contributed by atoms with van der Waals surface area (Å²) in [4.78, 5) is 10.5. The van der Waals surface area contributed by atoms with Crippen LogP contribution in [0.5, 0.6) is 0 Å². The highest BCUT2D eigenvalue weighted by Crippen LogP contribution is 1.81. The monoisotopic (exact) mass is 95.1 g/mol. The summed E-state index contributed by atoms with van der Waals surface area (Å²) in [5, 5.41) is 0. The van der Waals surface area contributed by atoms with E-state index >= 15 is 0 Å². The minimum Gasteiger partial charge on any atom is -0.323 e. The first-order valence-electron chi connectivity index (χ1n) is 2.51. The lowest BCUT2D eigenvalue weighted by Gasteiger charge is -1.90. The van der Waals surface area contributed by atoms with Crippen LogP contribution in [0, 0.1) is 0 Å². The van der Waals surface area contributed by atoms with Crippen LogP contribution in [-0.2, 0) is 0 Å². The largest absolute Gasteiger partial charge is 0.323 e. The van der Waals surface area contributed by atoms with Crippen molar-refractivity contribution in [2.24, 2.45) is 0 Å². The Bertz CT molecular complexity index is 70.1. The number of rotatable bonds is 2. The average molecular weight is 94.7 g/mol. The summed E-state index contributed by atoms with van der Waals surface area (Å²) in [6, 6.07) is 0. The van der Waals surface area contributed by atoms with Gasteiger partial charge in [0.2, 0.25) is 6.71 Å². The SMILES string of the molecule is C[B]C(=O)B(C)C. The van der Waals surface area contributed by atoms with Gasteiger partial charge in [0.15, 0.2) is 7.28 Å². The molecule has 0 aliphatic rings. The van der Waals surface area contributed by atoms with Gasteiger partial charge in [0.25, 0.3) is 0 Å². The van der Waals surface area contributed by atoms with Gasteiger partial charge in [-0.3, -0.25) is 0 Å². The second kappa shape index (κ2) is 2.89. The number of hydrogen-bond donors (Lipinski definition) is 0. The van der Waals surface area contributed by atoms with Crippen LogP contribution in [0.15, 0.2) is 0 Å². The molecule has 0 spiro atoms. The summed E-state index contributed by atoms with van der Waals surface area (Å²) >= 11 is 0. The van der Waals surface area contributed by atoms with Gasteiger partial charge < -0.3 is 4.79 Å². The summed E-state index contributed by atoms with van der Waals surface area (Å²) in [5.74, 6) is 0. The zero-order chi connectivity index (χ0) is 5.86. The van der Waals surface area contributed by atoms with Gasteiger partial charge in [0.05, 0.1) is 0 Å². The molecule has 0 saturated heterocycles. The molecule has 0 aromatic heterocycles. The van der Waals surface area contributed by atoms with Crippen LogP contribution >= 0.6 is 0 Å². The summed E-state index contributed by atoms with van der Waals surface area (Å²) in [6.45, 7) is 5.72. The van der Waals surface area contributed by atoms with Gasteiger partial charge in [-0.25, -0.2) is 0 Å². The maximum Gasteiger partial charge on any atom is 0.203 e. The van der Waals surface area contributed by atoms with Crippen molar-refractivity contribution in [2.45, 2.75) is 20.5 Å². The first kappa shape index (κ1) is 6.80. The number of carbonyl (C=O) groups excluding carboxylic acids is 1. The number of carbonyl (C=O) groups is 1. The fourth-order valence-corrected chi connectivity index (χ4v) is 0.333. The van der Waals surface area contributed by atoms with Crippen LogP contribution in [0.1, 0.15) is 0 Å². The van der Waals surface area contributed by atoms with E-state index in [1.807, 2.05) is 13.6 Å². The average Bonchev–Trinajstić information content (AvgIpc) is 1.65. The Morgan fingerprint density at radius 3 is 2.00 bits per heavy atom. The van der Waals surface area contributed by atoms with E-state index in [9.17, 15) is 4.79 Å². The van der Waals surface area contributed by atoms with Gasteiger partial charge in [0, 0.05) is 5.58 Å². The van der Waals surface area contributed by atoms with E-state index < -0.39 is 0 Å².